The first kappa shape index (κ1) is 18.8. The third kappa shape index (κ3) is 5.23. The monoisotopic (exact) mass is 351 g/mol. The standard InChI is InChI=1S/C18H29N3O2S/c1-18(2,14-7-8-15-16(11-14)23-13-22-15)12-21-17(19-3)20-9-5-6-10-24-4/h7-8,11H,5-6,9-10,12-13H2,1-4H3,(H2,19,20,21). The zero-order chi connectivity index (χ0) is 17.4. The van der Waals surface area contributed by atoms with Crippen molar-refractivity contribution in [3.8, 4) is 11.5 Å². The molecule has 134 valence electrons. The Morgan fingerprint density at radius 2 is 2.00 bits per heavy atom. The molecule has 6 heteroatoms. The molecule has 0 amide bonds. The Morgan fingerprint density at radius 1 is 1.21 bits per heavy atom. The van der Waals surface area contributed by atoms with Gasteiger partial charge in [-0.15, -0.1) is 0 Å². The first-order chi connectivity index (χ1) is 11.6. The highest BCUT2D eigenvalue weighted by Crippen LogP contribution is 2.36. The maximum Gasteiger partial charge on any atom is 0.231 e. The van der Waals surface area contributed by atoms with Crippen LogP contribution in [-0.4, -0.2) is 44.9 Å². The molecule has 0 unspecified atom stereocenters. The van der Waals surface area contributed by atoms with E-state index in [9.17, 15) is 0 Å². The number of rotatable bonds is 8. The van der Waals surface area contributed by atoms with Crippen molar-refractivity contribution in [3.05, 3.63) is 23.8 Å². The summed E-state index contributed by atoms with van der Waals surface area (Å²) >= 11 is 1.89. The second kappa shape index (κ2) is 9.06. The smallest absolute Gasteiger partial charge is 0.231 e. The van der Waals surface area contributed by atoms with E-state index >= 15 is 0 Å². The summed E-state index contributed by atoms with van der Waals surface area (Å²) in [6, 6.07) is 6.16. The van der Waals surface area contributed by atoms with Crippen LogP contribution in [0.1, 0.15) is 32.3 Å². The van der Waals surface area contributed by atoms with Crippen LogP contribution >= 0.6 is 11.8 Å². The van der Waals surface area contributed by atoms with Crippen LogP contribution in [0.2, 0.25) is 0 Å². The molecule has 0 aromatic heterocycles. The Labute approximate surface area is 149 Å². The second-order valence-electron chi connectivity index (χ2n) is 6.50. The first-order valence-corrected chi connectivity index (χ1v) is 9.80. The third-order valence-corrected chi connectivity index (χ3v) is 4.84. The number of nitrogens with one attached hydrogen (secondary N) is 2. The molecule has 1 aromatic carbocycles. The molecule has 1 aliphatic heterocycles. The van der Waals surface area contributed by atoms with Gasteiger partial charge in [-0.1, -0.05) is 19.9 Å². The normalized spacial score (nSPS) is 13.9. The molecular weight excluding hydrogens is 322 g/mol. The summed E-state index contributed by atoms with van der Waals surface area (Å²) < 4.78 is 10.9. The van der Waals surface area contributed by atoms with Crippen LogP contribution < -0.4 is 20.1 Å². The molecule has 2 rings (SSSR count). The minimum atomic E-state index is -0.0442. The maximum absolute atomic E-state index is 5.49. The molecule has 0 bridgehead atoms. The van der Waals surface area contributed by atoms with E-state index in [0.717, 1.165) is 37.0 Å². The topological polar surface area (TPSA) is 54.9 Å². The Kier molecular flexibility index (Phi) is 7.09. The van der Waals surface area contributed by atoms with Gasteiger partial charge in [0, 0.05) is 25.6 Å². The Hall–Kier alpha value is -1.56. The Bertz CT molecular complexity index is 561. The van der Waals surface area contributed by atoms with E-state index in [1.807, 2.05) is 24.9 Å². The van der Waals surface area contributed by atoms with Gasteiger partial charge in [0.05, 0.1) is 0 Å². The summed E-state index contributed by atoms with van der Waals surface area (Å²) in [7, 11) is 1.81. The zero-order valence-corrected chi connectivity index (χ0v) is 16.0. The second-order valence-corrected chi connectivity index (χ2v) is 7.49. The van der Waals surface area contributed by atoms with Crippen LogP contribution in [0.15, 0.2) is 23.2 Å². The fourth-order valence-electron chi connectivity index (χ4n) is 2.52. The lowest BCUT2D eigenvalue weighted by molar-refractivity contribution is 0.174. The van der Waals surface area contributed by atoms with Gasteiger partial charge in [-0.25, -0.2) is 0 Å². The number of thioether (sulfide) groups is 1. The van der Waals surface area contributed by atoms with Gasteiger partial charge >= 0.3 is 0 Å². The van der Waals surface area contributed by atoms with Gasteiger partial charge in [-0.3, -0.25) is 4.99 Å². The van der Waals surface area contributed by atoms with Crippen molar-refractivity contribution in [2.24, 2.45) is 4.99 Å². The van der Waals surface area contributed by atoms with Crippen molar-refractivity contribution in [1.29, 1.82) is 0 Å². The lowest BCUT2D eigenvalue weighted by Crippen LogP contribution is -2.43. The Balaban J connectivity index is 1.84. The molecule has 1 aromatic rings. The SMILES string of the molecule is CN=C(NCCCCSC)NCC(C)(C)c1ccc2c(c1)OCO2. The van der Waals surface area contributed by atoms with Crippen LogP contribution in [-0.2, 0) is 5.41 Å². The van der Waals surface area contributed by atoms with Crippen molar-refractivity contribution in [2.45, 2.75) is 32.1 Å². The Morgan fingerprint density at radius 3 is 2.75 bits per heavy atom. The van der Waals surface area contributed by atoms with Gasteiger partial charge in [-0.2, -0.15) is 11.8 Å². The third-order valence-electron chi connectivity index (χ3n) is 4.14. The number of hydrogen-bond donors (Lipinski definition) is 2. The number of aliphatic imine (C=N–C) groups is 1. The van der Waals surface area contributed by atoms with E-state index in [0.29, 0.717) is 6.79 Å². The molecule has 1 aliphatic rings. The van der Waals surface area contributed by atoms with Crippen molar-refractivity contribution in [3.63, 3.8) is 0 Å². The number of guanidine groups is 1. The minimum absolute atomic E-state index is 0.0442. The molecule has 0 saturated carbocycles. The number of ether oxygens (including phenoxy) is 2. The van der Waals surface area contributed by atoms with Crippen LogP contribution in [0.25, 0.3) is 0 Å². The number of nitrogens with zero attached hydrogens (tertiary/aromatic N) is 1. The molecule has 0 fully saturated rings. The van der Waals surface area contributed by atoms with Crippen LogP contribution in [0.4, 0.5) is 0 Å². The van der Waals surface area contributed by atoms with Gasteiger partial charge in [0.15, 0.2) is 17.5 Å². The summed E-state index contributed by atoms with van der Waals surface area (Å²) in [5.41, 5.74) is 1.17. The average Bonchev–Trinajstić information content (AvgIpc) is 3.05. The van der Waals surface area contributed by atoms with E-state index in [-0.39, 0.29) is 5.41 Å². The molecule has 0 atom stereocenters. The van der Waals surface area contributed by atoms with Gasteiger partial charge < -0.3 is 20.1 Å². The average molecular weight is 352 g/mol. The van der Waals surface area contributed by atoms with E-state index < -0.39 is 0 Å². The molecule has 5 nitrogen and oxygen atoms in total. The van der Waals surface area contributed by atoms with Crippen molar-refractivity contribution < 1.29 is 9.47 Å². The first-order valence-electron chi connectivity index (χ1n) is 8.40. The minimum Gasteiger partial charge on any atom is -0.454 e. The quantitative estimate of drug-likeness (QED) is 0.428. The van der Waals surface area contributed by atoms with E-state index in [2.05, 4.69) is 47.9 Å². The molecule has 24 heavy (non-hydrogen) atoms. The van der Waals surface area contributed by atoms with Gasteiger partial charge in [0.1, 0.15) is 0 Å². The number of benzene rings is 1. The molecule has 0 radical (unpaired) electrons. The van der Waals surface area contributed by atoms with Gasteiger partial charge in [0.2, 0.25) is 6.79 Å². The highest BCUT2D eigenvalue weighted by atomic mass is 32.2. The lowest BCUT2D eigenvalue weighted by atomic mass is 9.84. The van der Waals surface area contributed by atoms with Crippen LogP contribution in [0.5, 0.6) is 11.5 Å². The molecule has 0 spiro atoms. The molecule has 1 heterocycles. The molecule has 0 aliphatic carbocycles. The van der Waals surface area contributed by atoms with E-state index in [1.54, 1.807) is 0 Å². The van der Waals surface area contributed by atoms with Crippen molar-refractivity contribution >= 4 is 17.7 Å². The summed E-state index contributed by atoms with van der Waals surface area (Å²) in [6.07, 6.45) is 4.53. The number of hydrogen-bond acceptors (Lipinski definition) is 4. The molecule has 2 N–H and O–H groups in total. The summed E-state index contributed by atoms with van der Waals surface area (Å²) in [5, 5.41) is 6.81. The summed E-state index contributed by atoms with van der Waals surface area (Å²) in [5.74, 6) is 3.72. The van der Waals surface area contributed by atoms with Crippen LogP contribution in [0.3, 0.4) is 0 Å². The van der Waals surface area contributed by atoms with Crippen molar-refractivity contribution in [1.82, 2.24) is 10.6 Å². The zero-order valence-electron chi connectivity index (χ0n) is 15.1. The predicted octanol–water partition coefficient (Wildman–Crippen LogP) is 3.00. The fraction of sp³-hybridized carbons (Fsp3) is 0.611. The van der Waals surface area contributed by atoms with Crippen LogP contribution in [0, 0.1) is 0 Å². The van der Waals surface area contributed by atoms with Gasteiger partial charge in [0.25, 0.3) is 0 Å². The molecular formula is C18H29N3O2S. The highest BCUT2D eigenvalue weighted by Gasteiger charge is 2.24. The van der Waals surface area contributed by atoms with Gasteiger partial charge in [-0.05, 0) is 42.5 Å². The summed E-state index contributed by atoms with van der Waals surface area (Å²) in [6.45, 7) is 6.47. The highest BCUT2D eigenvalue weighted by molar-refractivity contribution is 7.98. The van der Waals surface area contributed by atoms with E-state index in [1.165, 1.54) is 17.7 Å². The maximum atomic E-state index is 5.49. The lowest BCUT2D eigenvalue weighted by Gasteiger charge is -2.27. The van der Waals surface area contributed by atoms with E-state index in [4.69, 9.17) is 9.47 Å². The fourth-order valence-corrected chi connectivity index (χ4v) is 3.02. The number of fused-ring (bicyclic) bond motifs is 1. The largest absolute Gasteiger partial charge is 0.454 e. The van der Waals surface area contributed by atoms with Crippen molar-refractivity contribution in [2.75, 3.05) is 38.9 Å². The number of unbranched alkanes of at least 4 members (excludes halogenated alkanes) is 1. The molecule has 0 saturated heterocycles. The predicted molar refractivity (Wildman–Crippen MR) is 103 cm³/mol. The summed E-state index contributed by atoms with van der Waals surface area (Å²) in [4.78, 5) is 4.30.